The molecule has 0 aromatic carbocycles. The maximum Gasteiger partial charge on any atom is 0.240 e. The number of hydrogen-bond acceptors (Lipinski definition) is 5. The van der Waals surface area contributed by atoms with Crippen LogP contribution >= 0.6 is 0 Å². The van der Waals surface area contributed by atoms with Crippen molar-refractivity contribution >= 4 is 0 Å². The molecule has 1 unspecified atom stereocenters. The molecular formula is C12H23N3O2. The fourth-order valence-electron chi connectivity index (χ4n) is 1.56. The van der Waals surface area contributed by atoms with Gasteiger partial charge in [-0.05, 0) is 33.2 Å². The van der Waals surface area contributed by atoms with E-state index in [0.717, 1.165) is 19.4 Å². The fourth-order valence-corrected chi connectivity index (χ4v) is 1.56. The average Bonchev–Trinajstić information content (AvgIpc) is 2.79. The molecular weight excluding hydrogens is 218 g/mol. The lowest BCUT2D eigenvalue weighted by Gasteiger charge is -2.23. The summed E-state index contributed by atoms with van der Waals surface area (Å²) in [6.45, 7) is 10.3. The van der Waals surface area contributed by atoms with Crippen LogP contribution in [0.25, 0.3) is 0 Å². The van der Waals surface area contributed by atoms with Crippen molar-refractivity contribution in [2.24, 2.45) is 0 Å². The van der Waals surface area contributed by atoms with Gasteiger partial charge in [-0.2, -0.15) is 4.98 Å². The van der Waals surface area contributed by atoms with E-state index in [-0.39, 0.29) is 0 Å². The average molecular weight is 241 g/mol. The van der Waals surface area contributed by atoms with Gasteiger partial charge in [0.1, 0.15) is 5.60 Å². The second kappa shape index (κ2) is 6.71. The van der Waals surface area contributed by atoms with Gasteiger partial charge in [0, 0.05) is 6.61 Å². The van der Waals surface area contributed by atoms with E-state index in [1.54, 1.807) is 0 Å². The second-order valence-corrected chi connectivity index (χ2v) is 4.21. The van der Waals surface area contributed by atoms with Crippen molar-refractivity contribution in [3.63, 3.8) is 0 Å². The van der Waals surface area contributed by atoms with Gasteiger partial charge in [-0.1, -0.05) is 19.0 Å². The topological polar surface area (TPSA) is 60.2 Å². The maximum absolute atomic E-state index is 5.70. The molecule has 98 valence electrons. The first kappa shape index (κ1) is 14.1. The summed E-state index contributed by atoms with van der Waals surface area (Å²) in [5.41, 5.74) is -0.443. The minimum Gasteiger partial charge on any atom is -0.367 e. The van der Waals surface area contributed by atoms with Gasteiger partial charge < -0.3 is 14.6 Å². The molecule has 1 N–H and O–H groups in total. The number of nitrogens with one attached hydrogen (secondary N) is 1. The predicted molar refractivity (Wildman–Crippen MR) is 65.6 cm³/mol. The first-order valence-electron chi connectivity index (χ1n) is 6.34. The van der Waals surface area contributed by atoms with Gasteiger partial charge in [-0.15, -0.1) is 0 Å². The largest absolute Gasteiger partial charge is 0.367 e. The lowest BCUT2D eigenvalue weighted by atomic mass is 10.0. The Morgan fingerprint density at radius 1 is 1.35 bits per heavy atom. The second-order valence-electron chi connectivity index (χ2n) is 4.21. The van der Waals surface area contributed by atoms with Crippen molar-refractivity contribution in [1.82, 2.24) is 15.5 Å². The predicted octanol–water partition coefficient (Wildman–Crippen LogP) is 2.23. The van der Waals surface area contributed by atoms with Crippen LogP contribution in [0.2, 0.25) is 0 Å². The van der Waals surface area contributed by atoms with Crippen LogP contribution < -0.4 is 5.32 Å². The van der Waals surface area contributed by atoms with E-state index in [1.165, 1.54) is 0 Å². The third kappa shape index (κ3) is 3.78. The van der Waals surface area contributed by atoms with Crippen molar-refractivity contribution < 1.29 is 9.26 Å². The highest BCUT2D eigenvalue weighted by molar-refractivity contribution is 4.99. The maximum atomic E-state index is 5.70. The fraction of sp³-hybridized carbons (Fsp3) is 0.833. The third-order valence-corrected chi connectivity index (χ3v) is 2.78. The lowest BCUT2D eigenvalue weighted by Crippen LogP contribution is -2.26. The van der Waals surface area contributed by atoms with Crippen molar-refractivity contribution in [3.05, 3.63) is 11.7 Å². The number of hydrogen-bond donors (Lipinski definition) is 1. The van der Waals surface area contributed by atoms with Gasteiger partial charge in [0.15, 0.2) is 0 Å². The van der Waals surface area contributed by atoms with Crippen LogP contribution in [-0.4, -0.2) is 23.3 Å². The molecule has 1 heterocycles. The molecule has 0 spiro atoms. The summed E-state index contributed by atoms with van der Waals surface area (Å²) in [6, 6.07) is 0. The molecule has 5 nitrogen and oxygen atoms in total. The summed E-state index contributed by atoms with van der Waals surface area (Å²) < 4.78 is 10.9. The smallest absolute Gasteiger partial charge is 0.240 e. The SMILES string of the molecule is CCCNCc1nc(C(C)(CC)OCC)no1. The van der Waals surface area contributed by atoms with Crippen molar-refractivity contribution in [2.45, 2.75) is 52.7 Å². The standard InChI is InChI=1S/C12H23N3O2/c1-5-8-13-9-10-14-11(15-17-10)12(4,6-2)16-7-3/h13H,5-9H2,1-4H3. The van der Waals surface area contributed by atoms with E-state index >= 15 is 0 Å². The molecule has 1 aromatic heterocycles. The molecule has 1 rings (SSSR count). The van der Waals surface area contributed by atoms with E-state index in [9.17, 15) is 0 Å². The van der Waals surface area contributed by atoms with Crippen LogP contribution in [-0.2, 0) is 16.9 Å². The Labute approximate surface area is 103 Å². The Balaban J connectivity index is 2.65. The molecule has 0 aliphatic heterocycles. The van der Waals surface area contributed by atoms with E-state index in [1.807, 2.05) is 13.8 Å². The quantitative estimate of drug-likeness (QED) is 0.707. The minimum absolute atomic E-state index is 0.443. The zero-order valence-corrected chi connectivity index (χ0v) is 11.2. The minimum atomic E-state index is -0.443. The van der Waals surface area contributed by atoms with Crippen LogP contribution in [0.15, 0.2) is 4.52 Å². The first-order chi connectivity index (χ1) is 8.16. The van der Waals surface area contributed by atoms with E-state index in [0.29, 0.717) is 24.9 Å². The van der Waals surface area contributed by atoms with Gasteiger partial charge in [0.05, 0.1) is 6.54 Å². The van der Waals surface area contributed by atoms with Gasteiger partial charge in [-0.25, -0.2) is 0 Å². The lowest BCUT2D eigenvalue weighted by molar-refractivity contribution is -0.0403. The summed E-state index contributed by atoms with van der Waals surface area (Å²) in [6.07, 6.45) is 1.91. The highest BCUT2D eigenvalue weighted by atomic mass is 16.5. The molecule has 17 heavy (non-hydrogen) atoms. The molecule has 0 bridgehead atoms. The number of rotatable bonds is 8. The van der Waals surface area contributed by atoms with Crippen molar-refractivity contribution in [3.8, 4) is 0 Å². The summed E-state index contributed by atoms with van der Waals surface area (Å²) in [5.74, 6) is 1.25. The molecule has 1 aromatic rings. The highest BCUT2D eigenvalue weighted by Crippen LogP contribution is 2.26. The van der Waals surface area contributed by atoms with Gasteiger partial charge in [-0.3, -0.25) is 0 Å². The first-order valence-corrected chi connectivity index (χ1v) is 6.34. The molecule has 1 atom stereocenters. The Kier molecular flexibility index (Phi) is 5.58. The number of ether oxygens (including phenoxy) is 1. The zero-order valence-electron chi connectivity index (χ0n) is 11.2. The van der Waals surface area contributed by atoms with Crippen molar-refractivity contribution in [2.75, 3.05) is 13.2 Å². The highest BCUT2D eigenvalue weighted by Gasteiger charge is 2.30. The zero-order chi connectivity index (χ0) is 12.7. The van der Waals surface area contributed by atoms with Crippen LogP contribution in [0.4, 0.5) is 0 Å². The summed E-state index contributed by atoms with van der Waals surface area (Å²) in [7, 11) is 0. The number of aromatic nitrogens is 2. The summed E-state index contributed by atoms with van der Waals surface area (Å²) in [5, 5.41) is 7.23. The molecule has 0 amide bonds. The van der Waals surface area contributed by atoms with Gasteiger partial charge in [0.25, 0.3) is 0 Å². The van der Waals surface area contributed by atoms with Gasteiger partial charge >= 0.3 is 0 Å². The van der Waals surface area contributed by atoms with E-state index in [2.05, 4.69) is 29.3 Å². The molecule has 0 saturated carbocycles. The van der Waals surface area contributed by atoms with Crippen molar-refractivity contribution in [1.29, 1.82) is 0 Å². The molecule has 0 aliphatic carbocycles. The molecule has 5 heteroatoms. The van der Waals surface area contributed by atoms with Crippen LogP contribution in [0.3, 0.4) is 0 Å². The van der Waals surface area contributed by atoms with Gasteiger partial charge in [0.2, 0.25) is 11.7 Å². The van der Waals surface area contributed by atoms with Crippen LogP contribution in [0, 0.1) is 0 Å². The Hall–Kier alpha value is -0.940. The third-order valence-electron chi connectivity index (χ3n) is 2.78. The van der Waals surface area contributed by atoms with Crippen LogP contribution in [0.5, 0.6) is 0 Å². The molecule has 0 radical (unpaired) electrons. The Bertz CT molecular complexity index is 327. The Morgan fingerprint density at radius 2 is 2.12 bits per heavy atom. The van der Waals surface area contributed by atoms with E-state index in [4.69, 9.17) is 9.26 Å². The summed E-state index contributed by atoms with van der Waals surface area (Å²) >= 11 is 0. The summed E-state index contributed by atoms with van der Waals surface area (Å²) in [4.78, 5) is 4.38. The molecule has 0 aliphatic rings. The molecule has 0 fully saturated rings. The van der Waals surface area contributed by atoms with E-state index < -0.39 is 5.60 Å². The normalized spacial score (nSPS) is 14.8. The van der Waals surface area contributed by atoms with Crippen LogP contribution in [0.1, 0.15) is 52.3 Å². The monoisotopic (exact) mass is 241 g/mol. The Morgan fingerprint density at radius 3 is 2.71 bits per heavy atom. The number of nitrogens with zero attached hydrogens (tertiary/aromatic N) is 2. The molecule has 0 saturated heterocycles.